The summed E-state index contributed by atoms with van der Waals surface area (Å²) in [5, 5.41) is 13.7. The topological polar surface area (TPSA) is 51.8 Å². The molecular weight excluding hydrogens is 348 g/mol. The highest BCUT2D eigenvalue weighted by Gasteiger charge is 2.27. The van der Waals surface area contributed by atoms with Crippen LogP contribution in [0.3, 0.4) is 0 Å². The Morgan fingerprint density at radius 1 is 0.964 bits per heavy atom. The van der Waals surface area contributed by atoms with Crippen LogP contribution in [0.25, 0.3) is 5.69 Å². The lowest BCUT2D eigenvalue weighted by molar-refractivity contribution is 0.194. The first kappa shape index (κ1) is 17.6. The third kappa shape index (κ3) is 3.61. The number of hydrogen-bond donors (Lipinski definition) is 0. The van der Waals surface area contributed by atoms with Gasteiger partial charge in [-0.05, 0) is 44.4 Å². The third-order valence-corrected chi connectivity index (χ3v) is 6.07. The van der Waals surface area contributed by atoms with E-state index in [0.29, 0.717) is 5.92 Å². The van der Waals surface area contributed by atoms with Crippen molar-refractivity contribution in [2.24, 2.45) is 0 Å². The minimum Gasteiger partial charge on any atom is -0.315 e. The van der Waals surface area contributed by atoms with Gasteiger partial charge in [-0.2, -0.15) is 5.10 Å². The van der Waals surface area contributed by atoms with Gasteiger partial charge in [-0.1, -0.05) is 24.6 Å². The van der Waals surface area contributed by atoms with E-state index in [1.54, 1.807) is 0 Å². The van der Waals surface area contributed by atoms with E-state index in [-0.39, 0.29) is 0 Å². The Kier molecular flexibility index (Phi) is 4.95. The van der Waals surface area contributed by atoms with Crippen LogP contribution in [0.5, 0.6) is 0 Å². The summed E-state index contributed by atoms with van der Waals surface area (Å²) in [7, 11) is 0. The third-order valence-electron chi connectivity index (χ3n) is 6.07. The molecular formula is C22H28N6. The van der Waals surface area contributed by atoms with Gasteiger partial charge < -0.3 is 4.57 Å². The molecule has 28 heavy (non-hydrogen) atoms. The largest absolute Gasteiger partial charge is 0.315 e. The monoisotopic (exact) mass is 376 g/mol. The maximum atomic E-state index is 4.62. The molecule has 0 amide bonds. The second-order valence-electron chi connectivity index (χ2n) is 8.14. The number of nitrogens with zero attached hydrogens (tertiary/aromatic N) is 6. The number of fused-ring (bicyclic) bond motifs is 1. The van der Waals surface area contributed by atoms with Gasteiger partial charge in [0.1, 0.15) is 11.6 Å². The highest BCUT2D eigenvalue weighted by molar-refractivity contribution is 5.30. The second kappa shape index (κ2) is 7.87. The Balaban J connectivity index is 1.28. The molecule has 0 N–H and O–H groups in total. The Morgan fingerprint density at radius 2 is 1.89 bits per heavy atom. The van der Waals surface area contributed by atoms with Crippen LogP contribution in [-0.4, -0.2) is 42.5 Å². The molecule has 4 heterocycles. The smallest absolute Gasteiger partial charge is 0.137 e. The van der Waals surface area contributed by atoms with Crippen LogP contribution < -0.4 is 0 Å². The molecule has 2 aromatic heterocycles. The maximum Gasteiger partial charge on any atom is 0.137 e. The highest BCUT2D eigenvalue weighted by Crippen LogP contribution is 2.28. The van der Waals surface area contributed by atoms with E-state index < -0.39 is 0 Å². The van der Waals surface area contributed by atoms with E-state index in [2.05, 4.69) is 43.1 Å². The van der Waals surface area contributed by atoms with Crippen molar-refractivity contribution < 1.29 is 0 Å². The molecule has 3 aromatic rings. The number of rotatable bonds is 4. The molecule has 146 valence electrons. The number of aryl methyl sites for hydroxylation is 1. The zero-order valence-electron chi connectivity index (χ0n) is 16.4. The van der Waals surface area contributed by atoms with Gasteiger partial charge in [0.25, 0.3) is 0 Å². The lowest BCUT2D eigenvalue weighted by Gasteiger charge is -2.32. The van der Waals surface area contributed by atoms with E-state index in [0.717, 1.165) is 38.3 Å². The molecule has 0 aliphatic carbocycles. The van der Waals surface area contributed by atoms with Crippen LogP contribution in [0.2, 0.25) is 0 Å². The number of likely N-dealkylation sites (tertiary alicyclic amines) is 1. The van der Waals surface area contributed by atoms with E-state index >= 15 is 0 Å². The Hall–Kier alpha value is -2.47. The van der Waals surface area contributed by atoms with E-state index in [1.165, 1.54) is 49.3 Å². The summed E-state index contributed by atoms with van der Waals surface area (Å²) in [6.07, 6.45) is 11.5. The van der Waals surface area contributed by atoms with E-state index in [4.69, 9.17) is 0 Å². The number of aromatic nitrogens is 5. The summed E-state index contributed by atoms with van der Waals surface area (Å²) < 4.78 is 4.39. The molecule has 1 unspecified atom stereocenters. The maximum absolute atomic E-state index is 4.62. The zero-order valence-corrected chi connectivity index (χ0v) is 16.4. The van der Waals surface area contributed by atoms with Crippen molar-refractivity contribution >= 4 is 0 Å². The molecule has 1 atom stereocenters. The SMILES string of the molecule is c1ccc(-n2cc(CN3CCCC(c4nnc5n4CCCCC5)C3)cn2)cc1. The average molecular weight is 377 g/mol. The van der Waals surface area contributed by atoms with Gasteiger partial charge >= 0.3 is 0 Å². The number of hydrogen-bond acceptors (Lipinski definition) is 4. The minimum atomic E-state index is 0.497. The van der Waals surface area contributed by atoms with Gasteiger partial charge in [-0.3, -0.25) is 4.90 Å². The van der Waals surface area contributed by atoms with Crippen LogP contribution in [0, 0.1) is 0 Å². The van der Waals surface area contributed by atoms with Crippen LogP contribution >= 0.6 is 0 Å². The Labute approximate surface area is 166 Å². The van der Waals surface area contributed by atoms with Gasteiger partial charge in [0.2, 0.25) is 0 Å². The Morgan fingerprint density at radius 3 is 2.82 bits per heavy atom. The van der Waals surface area contributed by atoms with Gasteiger partial charge in [0.15, 0.2) is 0 Å². The quantitative estimate of drug-likeness (QED) is 0.698. The van der Waals surface area contributed by atoms with Gasteiger partial charge in [0.05, 0.1) is 11.9 Å². The zero-order chi connectivity index (χ0) is 18.8. The molecule has 1 saturated heterocycles. The Bertz CT molecular complexity index is 912. The van der Waals surface area contributed by atoms with Crippen LogP contribution in [0.1, 0.15) is 55.2 Å². The van der Waals surface area contributed by atoms with Gasteiger partial charge in [-0.15, -0.1) is 10.2 Å². The molecule has 0 bridgehead atoms. The number of benzene rings is 1. The van der Waals surface area contributed by atoms with E-state index in [9.17, 15) is 0 Å². The number of para-hydroxylation sites is 1. The molecule has 1 aromatic carbocycles. The molecule has 0 saturated carbocycles. The van der Waals surface area contributed by atoms with Crippen LogP contribution in [0.15, 0.2) is 42.7 Å². The molecule has 5 rings (SSSR count). The first-order valence-electron chi connectivity index (χ1n) is 10.6. The standard InChI is InChI=1S/C22H28N6/c1-3-9-20(10-4-1)28-16-18(14-23-28)15-26-12-7-8-19(17-26)22-25-24-21-11-5-2-6-13-27(21)22/h1,3-4,9-10,14,16,19H,2,5-8,11-13,15,17H2. The van der Waals surface area contributed by atoms with Crippen molar-refractivity contribution in [3.63, 3.8) is 0 Å². The van der Waals surface area contributed by atoms with E-state index in [1.807, 2.05) is 29.1 Å². The predicted octanol–water partition coefficient (Wildman–Crippen LogP) is 3.57. The highest BCUT2D eigenvalue weighted by atomic mass is 15.3. The summed E-state index contributed by atoms with van der Waals surface area (Å²) >= 11 is 0. The van der Waals surface area contributed by atoms with Crippen molar-refractivity contribution in [1.29, 1.82) is 0 Å². The molecule has 1 fully saturated rings. The summed E-state index contributed by atoms with van der Waals surface area (Å²) in [6.45, 7) is 4.25. The summed E-state index contributed by atoms with van der Waals surface area (Å²) in [5.74, 6) is 2.92. The van der Waals surface area contributed by atoms with Gasteiger partial charge in [-0.25, -0.2) is 4.68 Å². The molecule has 0 spiro atoms. The molecule has 6 nitrogen and oxygen atoms in total. The van der Waals surface area contributed by atoms with Crippen LogP contribution in [0.4, 0.5) is 0 Å². The fourth-order valence-corrected chi connectivity index (χ4v) is 4.64. The predicted molar refractivity (Wildman–Crippen MR) is 108 cm³/mol. The first-order valence-corrected chi connectivity index (χ1v) is 10.6. The molecule has 2 aliphatic heterocycles. The fraction of sp³-hybridized carbons (Fsp3) is 0.500. The number of piperidine rings is 1. The lowest BCUT2D eigenvalue weighted by atomic mass is 9.96. The van der Waals surface area contributed by atoms with Crippen molar-refractivity contribution in [1.82, 2.24) is 29.4 Å². The average Bonchev–Trinajstić information content (AvgIpc) is 3.30. The molecule has 2 aliphatic rings. The van der Waals surface area contributed by atoms with Crippen molar-refractivity contribution in [3.05, 3.63) is 59.9 Å². The molecule has 6 heteroatoms. The minimum absolute atomic E-state index is 0.497. The van der Waals surface area contributed by atoms with Crippen molar-refractivity contribution in [2.75, 3.05) is 13.1 Å². The summed E-state index contributed by atoms with van der Waals surface area (Å²) in [4.78, 5) is 2.55. The summed E-state index contributed by atoms with van der Waals surface area (Å²) in [5.41, 5.74) is 2.38. The first-order chi connectivity index (χ1) is 13.9. The van der Waals surface area contributed by atoms with Crippen molar-refractivity contribution in [3.8, 4) is 5.69 Å². The normalized spacial score (nSPS) is 20.6. The van der Waals surface area contributed by atoms with Gasteiger partial charge in [0, 0.05) is 43.7 Å². The second-order valence-corrected chi connectivity index (χ2v) is 8.14. The fourth-order valence-electron chi connectivity index (χ4n) is 4.64. The van der Waals surface area contributed by atoms with Crippen LogP contribution in [-0.2, 0) is 19.5 Å². The lowest BCUT2D eigenvalue weighted by Crippen LogP contribution is -2.35. The van der Waals surface area contributed by atoms with Crippen molar-refractivity contribution in [2.45, 2.75) is 57.5 Å². The molecule has 0 radical (unpaired) electrons. The summed E-state index contributed by atoms with van der Waals surface area (Å²) in [6, 6.07) is 10.3.